The van der Waals surface area contributed by atoms with Crippen LogP contribution in [-0.2, 0) is 9.59 Å². The van der Waals surface area contributed by atoms with Crippen molar-refractivity contribution in [3.8, 4) is 0 Å². The number of hydrogen-bond acceptors (Lipinski definition) is 2. The maximum atomic E-state index is 13.3. The van der Waals surface area contributed by atoms with Gasteiger partial charge in [0.05, 0.1) is 15.7 Å². The molecular weight excluding hydrogens is 393 g/mol. The molecule has 28 heavy (non-hydrogen) atoms. The van der Waals surface area contributed by atoms with E-state index in [0.29, 0.717) is 28.6 Å². The average Bonchev–Trinajstić information content (AvgIpc) is 2.63. The molecule has 0 aromatic heterocycles. The molecule has 1 amide bonds. The van der Waals surface area contributed by atoms with Gasteiger partial charge in [-0.2, -0.15) is 0 Å². The number of rotatable bonds is 2. The number of allylic oxidation sites excluding steroid dienone is 2. The molecule has 2 aromatic rings. The average molecular weight is 414 g/mol. The Labute approximate surface area is 174 Å². The van der Waals surface area contributed by atoms with E-state index in [4.69, 9.17) is 23.2 Å². The number of halogens is 2. The van der Waals surface area contributed by atoms with Gasteiger partial charge in [-0.05, 0) is 35.6 Å². The Morgan fingerprint density at radius 3 is 2.36 bits per heavy atom. The Hall–Kier alpha value is -2.10. The van der Waals surface area contributed by atoms with E-state index >= 15 is 0 Å². The molecule has 0 spiro atoms. The van der Waals surface area contributed by atoms with Gasteiger partial charge in [-0.3, -0.25) is 14.5 Å². The maximum absolute atomic E-state index is 13.3. The highest BCUT2D eigenvalue weighted by Crippen LogP contribution is 2.48. The fourth-order valence-electron chi connectivity index (χ4n) is 4.31. The normalized spacial score (nSPS) is 21.7. The highest BCUT2D eigenvalue weighted by atomic mass is 35.5. The smallest absolute Gasteiger partial charge is 0.232 e. The van der Waals surface area contributed by atoms with Crippen molar-refractivity contribution >= 4 is 40.6 Å². The summed E-state index contributed by atoms with van der Waals surface area (Å²) >= 11 is 12.3. The van der Waals surface area contributed by atoms with Gasteiger partial charge in [0.25, 0.3) is 0 Å². The third-order valence-corrected chi connectivity index (χ3v) is 6.25. The van der Waals surface area contributed by atoms with Crippen molar-refractivity contribution in [2.75, 3.05) is 4.90 Å². The van der Waals surface area contributed by atoms with Crippen LogP contribution in [0, 0.1) is 5.41 Å². The number of hydrogen-bond donors (Lipinski definition) is 0. The second-order valence-electron chi connectivity index (χ2n) is 8.30. The summed E-state index contributed by atoms with van der Waals surface area (Å²) in [5.41, 5.74) is 3.01. The minimum atomic E-state index is -0.205. The number of benzene rings is 2. The molecule has 4 rings (SSSR count). The topological polar surface area (TPSA) is 37.4 Å². The number of carbonyl (C=O) groups is 2. The first-order valence-corrected chi connectivity index (χ1v) is 10.1. The zero-order valence-electron chi connectivity index (χ0n) is 15.8. The van der Waals surface area contributed by atoms with E-state index in [1.807, 2.05) is 30.3 Å². The van der Waals surface area contributed by atoms with Crippen molar-refractivity contribution in [3.05, 3.63) is 75.4 Å². The molecule has 0 saturated heterocycles. The van der Waals surface area contributed by atoms with Crippen molar-refractivity contribution in [1.82, 2.24) is 0 Å². The van der Waals surface area contributed by atoms with Gasteiger partial charge in [0.2, 0.25) is 5.91 Å². The Balaban J connectivity index is 1.90. The monoisotopic (exact) mass is 413 g/mol. The summed E-state index contributed by atoms with van der Waals surface area (Å²) < 4.78 is 0. The molecule has 1 aliphatic heterocycles. The first-order valence-electron chi connectivity index (χ1n) is 9.36. The zero-order chi connectivity index (χ0) is 20.1. The molecule has 2 aliphatic rings. The van der Waals surface area contributed by atoms with E-state index in [-0.39, 0.29) is 29.4 Å². The lowest BCUT2D eigenvalue weighted by molar-refractivity contribution is -0.121. The molecule has 144 valence electrons. The van der Waals surface area contributed by atoms with Gasteiger partial charge in [-0.1, -0.05) is 67.4 Å². The molecule has 0 saturated carbocycles. The Kier molecular flexibility index (Phi) is 4.84. The predicted molar refractivity (Wildman–Crippen MR) is 113 cm³/mol. The van der Waals surface area contributed by atoms with Crippen molar-refractivity contribution in [2.45, 2.75) is 39.0 Å². The second kappa shape index (κ2) is 7.06. The fraction of sp³-hybridized carbons (Fsp3) is 0.304. The number of Topliss-reactive ketones (excluding diaryl/α,β-unsaturated/α-hetero) is 1. The lowest BCUT2D eigenvalue weighted by atomic mass is 9.69. The summed E-state index contributed by atoms with van der Waals surface area (Å²) in [6.07, 6.45) is 1.40. The Morgan fingerprint density at radius 2 is 1.68 bits per heavy atom. The van der Waals surface area contributed by atoms with Gasteiger partial charge in [-0.25, -0.2) is 0 Å². The lowest BCUT2D eigenvalue weighted by Gasteiger charge is -2.43. The standard InChI is InChI=1S/C23H21Cl2NO2/c1-23(2)12-19-22(20(27)13-23)16(14-6-4-3-5-7-14)11-21(28)26(19)15-8-9-17(24)18(25)10-15/h3-10,16H,11-13H2,1-2H3. The Morgan fingerprint density at radius 1 is 0.964 bits per heavy atom. The van der Waals surface area contributed by atoms with Gasteiger partial charge >= 0.3 is 0 Å². The van der Waals surface area contributed by atoms with Gasteiger partial charge in [-0.15, -0.1) is 0 Å². The number of amides is 1. The molecule has 1 aliphatic carbocycles. The third-order valence-electron chi connectivity index (χ3n) is 5.51. The van der Waals surface area contributed by atoms with Crippen LogP contribution in [0.1, 0.15) is 44.6 Å². The molecule has 0 bridgehead atoms. The molecule has 3 nitrogen and oxygen atoms in total. The Bertz CT molecular complexity index is 995. The van der Waals surface area contributed by atoms with Crippen LogP contribution in [0.4, 0.5) is 5.69 Å². The SMILES string of the molecule is CC1(C)CC(=O)C2=C(C1)N(c1ccc(Cl)c(Cl)c1)C(=O)CC2c1ccccc1. The number of nitrogens with zero attached hydrogens (tertiary/aromatic N) is 1. The van der Waals surface area contributed by atoms with Crippen LogP contribution < -0.4 is 4.90 Å². The first-order chi connectivity index (χ1) is 13.3. The van der Waals surface area contributed by atoms with E-state index in [1.54, 1.807) is 23.1 Å². The molecule has 1 unspecified atom stereocenters. The summed E-state index contributed by atoms with van der Waals surface area (Å²) in [6.45, 7) is 4.14. The summed E-state index contributed by atoms with van der Waals surface area (Å²) in [4.78, 5) is 28.1. The molecule has 1 atom stereocenters. The van der Waals surface area contributed by atoms with E-state index < -0.39 is 0 Å². The first kappa shape index (κ1) is 19.2. The fourth-order valence-corrected chi connectivity index (χ4v) is 4.60. The largest absolute Gasteiger partial charge is 0.294 e. The van der Waals surface area contributed by atoms with Crippen LogP contribution in [-0.4, -0.2) is 11.7 Å². The van der Waals surface area contributed by atoms with Gasteiger partial charge < -0.3 is 0 Å². The van der Waals surface area contributed by atoms with E-state index in [9.17, 15) is 9.59 Å². The van der Waals surface area contributed by atoms with E-state index in [0.717, 1.165) is 16.8 Å². The summed E-state index contributed by atoms with van der Waals surface area (Å²) in [5.74, 6) is -0.111. The van der Waals surface area contributed by atoms with Crippen LogP contribution in [0.5, 0.6) is 0 Å². The molecular formula is C23H21Cl2NO2. The van der Waals surface area contributed by atoms with Crippen LogP contribution in [0.2, 0.25) is 10.0 Å². The minimum Gasteiger partial charge on any atom is -0.294 e. The summed E-state index contributed by atoms with van der Waals surface area (Å²) in [5, 5.41) is 0.826. The summed E-state index contributed by atoms with van der Waals surface area (Å²) in [6, 6.07) is 15.0. The van der Waals surface area contributed by atoms with Crippen molar-refractivity contribution in [1.29, 1.82) is 0 Å². The summed E-state index contributed by atoms with van der Waals surface area (Å²) in [7, 11) is 0. The predicted octanol–water partition coefficient (Wildman–Crippen LogP) is 6.16. The van der Waals surface area contributed by atoms with Crippen LogP contribution >= 0.6 is 23.2 Å². The highest BCUT2D eigenvalue weighted by Gasteiger charge is 2.44. The number of ketones is 1. The molecule has 0 fully saturated rings. The zero-order valence-corrected chi connectivity index (χ0v) is 17.3. The van der Waals surface area contributed by atoms with E-state index in [1.165, 1.54) is 0 Å². The van der Waals surface area contributed by atoms with Crippen LogP contribution in [0.25, 0.3) is 0 Å². The maximum Gasteiger partial charge on any atom is 0.232 e. The van der Waals surface area contributed by atoms with Crippen molar-refractivity contribution in [2.24, 2.45) is 5.41 Å². The molecule has 5 heteroatoms. The lowest BCUT2D eigenvalue weighted by Crippen LogP contribution is -2.43. The highest BCUT2D eigenvalue weighted by molar-refractivity contribution is 6.42. The quantitative estimate of drug-likeness (QED) is 0.591. The molecule has 1 heterocycles. The van der Waals surface area contributed by atoms with Crippen molar-refractivity contribution in [3.63, 3.8) is 0 Å². The van der Waals surface area contributed by atoms with Crippen LogP contribution in [0.15, 0.2) is 59.8 Å². The second-order valence-corrected chi connectivity index (χ2v) is 9.11. The minimum absolute atomic E-state index is 0.0310. The van der Waals surface area contributed by atoms with Crippen molar-refractivity contribution < 1.29 is 9.59 Å². The molecule has 0 radical (unpaired) electrons. The van der Waals surface area contributed by atoms with E-state index in [2.05, 4.69) is 13.8 Å². The van der Waals surface area contributed by atoms with Crippen LogP contribution in [0.3, 0.4) is 0 Å². The molecule has 0 N–H and O–H groups in total. The number of anilines is 1. The van der Waals surface area contributed by atoms with Gasteiger partial charge in [0, 0.05) is 30.0 Å². The van der Waals surface area contributed by atoms with Gasteiger partial charge in [0.15, 0.2) is 5.78 Å². The third kappa shape index (κ3) is 3.38. The van der Waals surface area contributed by atoms with Gasteiger partial charge in [0.1, 0.15) is 0 Å². The number of carbonyl (C=O) groups excluding carboxylic acids is 2. The molecule has 2 aromatic carbocycles.